The summed E-state index contributed by atoms with van der Waals surface area (Å²) in [6.07, 6.45) is 1.48. The summed E-state index contributed by atoms with van der Waals surface area (Å²) in [5.41, 5.74) is 5.30. The van der Waals surface area contributed by atoms with E-state index in [0.29, 0.717) is 24.3 Å². The third kappa shape index (κ3) is 5.69. The Bertz CT molecular complexity index is 1320. The van der Waals surface area contributed by atoms with E-state index >= 15 is 0 Å². The van der Waals surface area contributed by atoms with Gasteiger partial charge in [-0.1, -0.05) is 42.5 Å². The van der Waals surface area contributed by atoms with Gasteiger partial charge in [0.15, 0.2) is 0 Å². The first kappa shape index (κ1) is 24.2. The number of amides is 4. The summed E-state index contributed by atoms with van der Waals surface area (Å²) in [6.45, 7) is 1.72. The van der Waals surface area contributed by atoms with Crippen LogP contribution in [0.2, 0.25) is 0 Å². The Morgan fingerprint density at radius 2 is 1.46 bits per heavy atom. The molecule has 0 aliphatic carbocycles. The van der Waals surface area contributed by atoms with Crippen LogP contribution in [0.3, 0.4) is 0 Å². The first-order valence-electron chi connectivity index (χ1n) is 12.4. The monoisotopic (exact) mass is 496 g/mol. The second-order valence-corrected chi connectivity index (χ2v) is 9.30. The minimum Gasteiger partial charge on any atom is -0.362 e. The molecule has 4 amide bonds. The number of benzene rings is 3. The fourth-order valence-corrected chi connectivity index (χ4v) is 4.68. The fraction of sp³-hybridized carbons (Fsp3) is 0.241. The number of likely N-dealkylation sites (tertiary alicyclic amines) is 1. The lowest BCUT2D eigenvalue weighted by Gasteiger charge is -2.18. The molecule has 0 aromatic heterocycles. The highest BCUT2D eigenvalue weighted by Gasteiger charge is 2.28. The highest BCUT2D eigenvalue weighted by molar-refractivity contribution is 6.02. The Balaban J connectivity index is 1.09. The number of hydrogen-bond acceptors (Lipinski definition) is 5. The lowest BCUT2D eigenvalue weighted by Crippen LogP contribution is -2.31. The number of rotatable bonds is 8. The van der Waals surface area contributed by atoms with E-state index < -0.39 is 0 Å². The van der Waals surface area contributed by atoms with Crippen molar-refractivity contribution >= 4 is 35.0 Å². The Morgan fingerprint density at radius 1 is 0.784 bits per heavy atom. The molecule has 2 aliphatic heterocycles. The molecule has 0 spiro atoms. The number of anilines is 2. The van der Waals surface area contributed by atoms with Crippen molar-refractivity contribution in [2.24, 2.45) is 0 Å². The molecule has 37 heavy (non-hydrogen) atoms. The summed E-state index contributed by atoms with van der Waals surface area (Å²) in [6, 6.07) is 22.4. The molecule has 1 saturated heterocycles. The minimum absolute atomic E-state index is 0.0698. The molecule has 5 rings (SSSR count). The zero-order chi connectivity index (χ0) is 25.8. The number of carbonyl (C=O) groups is 4. The number of carbonyl (C=O) groups excluding carboxylic acids is 4. The van der Waals surface area contributed by atoms with Gasteiger partial charge in [0, 0.05) is 42.9 Å². The molecule has 8 nitrogen and oxygen atoms in total. The molecule has 3 aromatic rings. The predicted molar refractivity (Wildman–Crippen MR) is 140 cm³/mol. The zero-order valence-electron chi connectivity index (χ0n) is 20.4. The molecule has 2 aliphatic rings. The van der Waals surface area contributed by atoms with Gasteiger partial charge in [-0.15, -0.1) is 0 Å². The summed E-state index contributed by atoms with van der Waals surface area (Å²) in [7, 11) is 0. The van der Waals surface area contributed by atoms with Gasteiger partial charge in [0.05, 0.1) is 13.1 Å². The average molecular weight is 497 g/mol. The van der Waals surface area contributed by atoms with Crippen molar-refractivity contribution in [3.05, 3.63) is 95.1 Å². The maximum Gasteiger partial charge on any atom is 0.251 e. The molecule has 0 atom stereocenters. The maximum atomic E-state index is 12.6. The Morgan fingerprint density at radius 3 is 2.19 bits per heavy atom. The van der Waals surface area contributed by atoms with Crippen molar-refractivity contribution in [1.29, 1.82) is 0 Å². The standard InChI is InChI=1S/C29H28N4O4/c34-26(19-32-16-15-22-3-1-2-4-25(22)32)31-24-11-7-20(8-12-24)17-30-29(37)23-9-5-21(6-10-23)18-33-27(35)13-14-28(33)36/h1-12H,13-19H2,(H,30,37)(H,31,34). The molecule has 0 bridgehead atoms. The SMILES string of the molecule is O=C(CN1CCc2ccccc21)Nc1ccc(CNC(=O)c2ccc(CN3C(=O)CCC3=O)cc2)cc1. The van der Waals surface area contributed by atoms with Crippen LogP contribution < -0.4 is 15.5 Å². The Labute approximate surface area is 215 Å². The van der Waals surface area contributed by atoms with Gasteiger partial charge in [0.1, 0.15) is 0 Å². The van der Waals surface area contributed by atoms with Crippen LogP contribution in [0.15, 0.2) is 72.8 Å². The van der Waals surface area contributed by atoms with Crippen LogP contribution in [-0.2, 0) is 33.9 Å². The van der Waals surface area contributed by atoms with E-state index in [9.17, 15) is 19.2 Å². The fourth-order valence-electron chi connectivity index (χ4n) is 4.68. The predicted octanol–water partition coefficient (Wildman–Crippen LogP) is 3.27. The number of fused-ring (bicyclic) bond motifs is 1. The Hall–Kier alpha value is -4.46. The van der Waals surface area contributed by atoms with Crippen LogP contribution in [-0.4, -0.2) is 41.6 Å². The van der Waals surface area contributed by atoms with Gasteiger partial charge in [-0.05, 0) is 53.4 Å². The van der Waals surface area contributed by atoms with E-state index in [1.165, 1.54) is 10.5 Å². The summed E-state index contributed by atoms with van der Waals surface area (Å²) in [4.78, 5) is 52.0. The third-order valence-electron chi connectivity index (χ3n) is 6.72. The van der Waals surface area contributed by atoms with Crippen molar-refractivity contribution in [3.63, 3.8) is 0 Å². The van der Waals surface area contributed by atoms with Gasteiger partial charge in [-0.2, -0.15) is 0 Å². The van der Waals surface area contributed by atoms with E-state index in [1.807, 2.05) is 42.5 Å². The molecular formula is C29H28N4O4. The van der Waals surface area contributed by atoms with Gasteiger partial charge < -0.3 is 15.5 Å². The largest absolute Gasteiger partial charge is 0.362 e. The molecule has 3 aromatic carbocycles. The van der Waals surface area contributed by atoms with Crippen molar-refractivity contribution in [2.75, 3.05) is 23.3 Å². The van der Waals surface area contributed by atoms with Crippen LogP contribution in [0.4, 0.5) is 11.4 Å². The molecule has 0 radical (unpaired) electrons. The number of para-hydroxylation sites is 1. The number of imide groups is 1. The third-order valence-corrected chi connectivity index (χ3v) is 6.72. The molecule has 0 saturated carbocycles. The molecule has 8 heteroatoms. The van der Waals surface area contributed by atoms with Gasteiger partial charge >= 0.3 is 0 Å². The summed E-state index contributed by atoms with van der Waals surface area (Å²) in [5, 5.41) is 5.83. The molecule has 0 unspecified atom stereocenters. The summed E-state index contributed by atoms with van der Waals surface area (Å²) >= 11 is 0. The summed E-state index contributed by atoms with van der Waals surface area (Å²) < 4.78 is 0. The van der Waals surface area contributed by atoms with E-state index in [1.54, 1.807) is 24.3 Å². The van der Waals surface area contributed by atoms with Crippen LogP contribution in [0, 0.1) is 0 Å². The van der Waals surface area contributed by atoms with Crippen LogP contribution in [0.25, 0.3) is 0 Å². The highest BCUT2D eigenvalue weighted by Crippen LogP contribution is 2.27. The second-order valence-electron chi connectivity index (χ2n) is 9.30. The highest BCUT2D eigenvalue weighted by atomic mass is 16.2. The maximum absolute atomic E-state index is 12.6. The van der Waals surface area contributed by atoms with E-state index in [0.717, 1.165) is 29.8 Å². The minimum atomic E-state index is -0.219. The van der Waals surface area contributed by atoms with Gasteiger partial charge in [-0.3, -0.25) is 24.1 Å². The first-order valence-corrected chi connectivity index (χ1v) is 12.4. The number of nitrogens with one attached hydrogen (secondary N) is 2. The van der Waals surface area contributed by atoms with E-state index in [2.05, 4.69) is 21.6 Å². The topological polar surface area (TPSA) is 98.8 Å². The normalized spacial score (nSPS) is 14.6. The number of hydrogen-bond donors (Lipinski definition) is 2. The van der Waals surface area contributed by atoms with Crippen molar-refractivity contribution in [2.45, 2.75) is 32.4 Å². The molecular weight excluding hydrogens is 468 g/mol. The zero-order valence-corrected chi connectivity index (χ0v) is 20.4. The van der Waals surface area contributed by atoms with Crippen LogP contribution in [0.5, 0.6) is 0 Å². The smallest absolute Gasteiger partial charge is 0.251 e. The second kappa shape index (κ2) is 10.7. The molecule has 188 valence electrons. The van der Waals surface area contributed by atoms with Gasteiger partial charge in [0.2, 0.25) is 17.7 Å². The van der Waals surface area contributed by atoms with Crippen molar-refractivity contribution < 1.29 is 19.2 Å². The molecule has 2 heterocycles. The van der Waals surface area contributed by atoms with Crippen LogP contribution in [0.1, 0.15) is 39.9 Å². The Kier molecular flexibility index (Phi) is 6.98. The quantitative estimate of drug-likeness (QED) is 0.467. The molecule has 2 N–H and O–H groups in total. The van der Waals surface area contributed by atoms with Gasteiger partial charge in [-0.25, -0.2) is 0 Å². The molecule has 1 fully saturated rings. The van der Waals surface area contributed by atoms with E-state index in [-0.39, 0.29) is 43.0 Å². The number of nitrogens with zero attached hydrogens (tertiary/aromatic N) is 2. The average Bonchev–Trinajstić information content (AvgIpc) is 3.46. The lowest BCUT2D eigenvalue weighted by molar-refractivity contribution is -0.139. The summed E-state index contributed by atoms with van der Waals surface area (Å²) in [5.74, 6) is -0.604. The lowest BCUT2D eigenvalue weighted by atomic mass is 10.1. The van der Waals surface area contributed by atoms with Crippen molar-refractivity contribution in [3.8, 4) is 0 Å². The van der Waals surface area contributed by atoms with E-state index in [4.69, 9.17) is 0 Å². The van der Waals surface area contributed by atoms with Crippen molar-refractivity contribution in [1.82, 2.24) is 10.2 Å². The first-order chi connectivity index (χ1) is 18.0. The van der Waals surface area contributed by atoms with Gasteiger partial charge in [0.25, 0.3) is 5.91 Å². The van der Waals surface area contributed by atoms with Crippen LogP contribution >= 0.6 is 0 Å².